The highest BCUT2D eigenvalue weighted by Gasteiger charge is 2.27. The molecule has 1 aliphatic carbocycles. The van der Waals surface area contributed by atoms with Crippen molar-refractivity contribution >= 4 is 17.7 Å². The first-order valence-electron chi connectivity index (χ1n) is 9.19. The van der Waals surface area contributed by atoms with Crippen LogP contribution in [0.5, 0.6) is 0 Å². The number of piperazine rings is 1. The summed E-state index contributed by atoms with van der Waals surface area (Å²) in [6.45, 7) is 3.32. The van der Waals surface area contributed by atoms with E-state index in [1.807, 2.05) is 23.1 Å². The first-order chi connectivity index (χ1) is 12.1. The minimum atomic E-state index is -0.948. The summed E-state index contributed by atoms with van der Waals surface area (Å²) in [7, 11) is 0. The average Bonchev–Trinajstić information content (AvgIpc) is 2.64. The number of anilines is 1. The van der Waals surface area contributed by atoms with Gasteiger partial charge in [-0.2, -0.15) is 0 Å². The van der Waals surface area contributed by atoms with Gasteiger partial charge in [0.15, 0.2) is 0 Å². The first kappa shape index (κ1) is 17.6. The Labute approximate surface area is 148 Å². The number of nitrogens with zero attached hydrogens (tertiary/aromatic N) is 2. The van der Waals surface area contributed by atoms with Crippen LogP contribution in [0.3, 0.4) is 0 Å². The molecule has 1 aromatic carbocycles. The lowest BCUT2D eigenvalue weighted by Crippen LogP contribution is -2.49. The first-order valence-corrected chi connectivity index (χ1v) is 9.19. The Hall–Kier alpha value is -2.24. The summed E-state index contributed by atoms with van der Waals surface area (Å²) in [5, 5.41) is 11.3. The Kier molecular flexibility index (Phi) is 5.79. The van der Waals surface area contributed by atoms with E-state index >= 15 is 0 Å². The standard InChI is InChI=1S/C19H27N3O3/c23-18(14-15-6-8-16(9-7-15)20-19(24)25)22-12-10-21(11-13-22)17-4-2-1-3-5-17/h1-5,15-16,20H,6-14H2,(H,24,25). The molecule has 0 aromatic heterocycles. The van der Waals surface area contributed by atoms with Crippen molar-refractivity contribution in [2.75, 3.05) is 31.1 Å². The molecule has 1 saturated heterocycles. The molecule has 3 rings (SSSR count). The number of hydrogen-bond donors (Lipinski definition) is 2. The van der Waals surface area contributed by atoms with Gasteiger partial charge >= 0.3 is 6.09 Å². The number of carbonyl (C=O) groups is 2. The van der Waals surface area contributed by atoms with Crippen LogP contribution in [-0.2, 0) is 4.79 Å². The second-order valence-electron chi connectivity index (χ2n) is 7.07. The van der Waals surface area contributed by atoms with Gasteiger partial charge < -0.3 is 20.2 Å². The maximum atomic E-state index is 12.6. The monoisotopic (exact) mass is 345 g/mol. The summed E-state index contributed by atoms with van der Waals surface area (Å²) in [5.41, 5.74) is 1.22. The topological polar surface area (TPSA) is 72.9 Å². The molecule has 0 atom stereocenters. The van der Waals surface area contributed by atoms with Crippen molar-refractivity contribution in [2.24, 2.45) is 5.92 Å². The summed E-state index contributed by atoms with van der Waals surface area (Å²) >= 11 is 0. The molecule has 2 amide bonds. The van der Waals surface area contributed by atoms with Crippen LogP contribution in [0.1, 0.15) is 32.1 Å². The van der Waals surface area contributed by atoms with E-state index in [0.29, 0.717) is 12.3 Å². The van der Waals surface area contributed by atoms with Gasteiger partial charge in [0.2, 0.25) is 5.91 Å². The van der Waals surface area contributed by atoms with Gasteiger partial charge in [-0.1, -0.05) is 18.2 Å². The highest BCUT2D eigenvalue weighted by Crippen LogP contribution is 2.28. The Morgan fingerprint density at radius 1 is 1.00 bits per heavy atom. The Morgan fingerprint density at radius 3 is 2.24 bits per heavy atom. The number of amides is 2. The summed E-state index contributed by atoms with van der Waals surface area (Å²) in [6, 6.07) is 10.4. The SMILES string of the molecule is O=C(O)NC1CCC(CC(=O)N2CCN(c3ccccc3)CC2)CC1. The maximum Gasteiger partial charge on any atom is 0.404 e. The molecule has 0 spiro atoms. The Balaban J connectivity index is 1.41. The van der Waals surface area contributed by atoms with E-state index in [2.05, 4.69) is 22.3 Å². The van der Waals surface area contributed by atoms with Gasteiger partial charge in [0.1, 0.15) is 0 Å². The lowest BCUT2D eigenvalue weighted by Gasteiger charge is -2.37. The molecule has 0 bridgehead atoms. The second-order valence-corrected chi connectivity index (χ2v) is 7.07. The fraction of sp³-hybridized carbons (Fsp3) is 0.579. The molecule has 136 valence electrons. The van der Waals surface area contributed by atoms with Gasteiger partial charge in [0, 0.05) is 44.3 Å². The van der Waals surface area contributed by atoms with E-state index in [-0.39, 0.29) is 11.9 Å². The predicted octanol–water partition coefficient (Wildman–Crippen LogP) is 2.55. The average molecular weight is 345 g/mol. The van der Waals surface area contributed by atoms with E-state index in [4.69, 9.17) is 5.11 Å². The molecule has 25 heavy (non-hydrogen) atoms. The van der Waals surface area contributed by atoms with Crippen molar-refractivity contribution < 1.29 is 14.7 Å². The third-order valence-corrected chi connectivity index (χ3v) is 5.39. The van der Waals surface area contributed by atoms with Crippen LogP contribution in [0, 0.1) is 5.92 Å². The molecule has 6 nitrogen and oxygen atoms in total. The summed E-state index contributed by atoms with van der Waals surface area (Å²) < 4.78 is 0. The zero-order chi connectivity index (χ0) is 17.6. The van der Waals surface area contributed by atoms with Crippen LogP contribution >= 0.6 is 0 Å². The van der Waals surface area contributed by atoms with E-state index < -0.39 is 6.09 Å². The lowest BCUT2D eigenvalue weighted by molar-refractivity contribution is -0.132. The number of rotatable bonds is 4. The van der Waals surface area contributed by atoms with E-state index in [0.717, 1.165) is 51.9 Å². The molecular weight excluding hydrogens is 318 g/mol. The minimum Gasteiger partial charge on any atom is -0.465 e. The molecule has 6 heteroatoms. The van der Waals surface area contributed by atoms with Crippen molar-refractivity contribution in [2.45, 2.75) is 38.1 Å². The van der Waals surface area contributed by atoms with Crippen molar-refractivity contribution in [1.82, 2.24) is 10.2 Å². The zero-order valence-electron chi connectivity index (χ0n) is 14.6. The van der Waals surface area contributed by atoms with E-state index in [1.54, 1.807) is 0 Å². The predicted molar refractivity (Wildman–Crippen MR) is 96.8 cm³/mol. The fourth-order valence-electron chi connectivity index (χ4n) is 3.91. The molecule has 2 fully saturated rings. The van der Waals surface area contributed by atoms with Gasteiger partial charge in [-0.05, 0) is 43.7 Å². The van der Waals surface area contributed by atoms with Crippen molar-refractivity contribution in [3.63, 3.8) is 0 Å². The number of carboxylic acid groups (broad SMARTS) is 1. The van der Waals surface area contributed by atoms with Crippen LogP contribution in [0.2, 0.25) is 0 Å². The smallest absolute Gasteiger partial charge is 0.404 e. The molecule has 0 radical (unpaired) electrons. The van der Waals surface area contributed by atoms with Crippen LogP contribution in [0.25, 0.3) is 0 Å². The van der Waals surface area contributed by atoms with Crippen LogP contribution < -0.4 is 10.2 Å². The van der Waals surface area contributed by atoms with Gasteiger partial charge in [0.05, 0.1) is 0 Å². The van der Waals surface area contributed by atoms with E-state index in [9.17, 15) is 9.59 Å². The number of benzene rings is 1. The minimum absolute atomic E-state index is 0.0540. The largest absolute Gasteiger partial charge is 0.465 e. The number of hydrogen-bond acceptors (Lipinski definition) is 3. The fourth-order valence-corrected chi connectivity index (χ4v) is 3.91. The molecule has 0 unspecified atom stereocenters. The van der Waals surface area contributed by atoms with Crippen LogP contribution in [0.4, 0.5) is 10.5 Å². The van der Waals surface area contributed by atoms with Crippen molar-refractivity contribution in [3.05, 3.63) is 30.3 Å². The summed E-state index contributed by atoms with van der Waals surface area (Å²) in [6.07, 6.45) is 3.20. The van der Waals surface area contributed by atoms with Crippen LogP contribution in [0.15, 0.2) is 30.3 Å². The van der Waals surface area contributed by atoms with Gasteiger partial charge in [-0.3, -0.25) is 4.79 Å². The number of nitrogens with one attached hydrogen (secondary N) is 1. The van der Waals surface area contributed by atoms with E-state index in [1.165, 1.54) is 5.69 Å². The Bertz CT molecular complexity index is 577. The van der Waals surface area contributed by atoms with Crippen LogP contribution in [-0.4, -0.2) is 54.2 Å². The molecule has 1 aliphatic heterocycles. The van der Waals surface area contributed by atoms with Crippen molar-refractivity contribution in [1.29, 1.82) is 0 Å². The van der Waals surface area contributed by atoms with Crippen molar-refractivity contribution in [3.8, 4) is 0 Å². The highest BCUT2D eigenvalue weighted by atomic mass is 16.4. The second kappa shape index (κ2) is 8.23. The molecule has 1 aromatic rings. The molecule has 2 N–H and O–H groups in total. The van der Waals surface area contributed by atoms with Gasteiger partial charge in [0.25, 0.3) is 0 Å². The number of para-hydroxylation sites is 1. The summed E-state index contributed by atoms with van der Waals surface area (Å²) in [4.78, 5) is 27.6. The van der Waals surface area contributed by atoms with Gasteiger partial charge in [-0.25, -0.2) is 4.79 Å². The molecule has 1 heterocycles. The Morgan fingerprint density at radius 2 is 1.64 bits per heavy atom. The zero-order valence-corrected chi connectivity index (χ0v) is 14.6. The number of carbonyl (C=O) groups excluding carboxylic acids is 1. The summed E-state index contributed by atoms with van der Waals surface area (Å²) in [5.74, 6) is 0.647. The molecule has 1 saturated carbocycles. The lowest BCUT2D eigenvalue weighted by atomic mass is 9.84. The molecule has 2 aliphatic rings. The van der Waals surface area contributed by atoms with Gasteiger partial charge in [-0.15, -0.1) is 0 Å². The quantitative estimate of drug-likeness (QED) is 0.880. The third kappa shape index (κ3) is 4.87. The highest BCUT2D eigenvalue weighted by molar-refractivity contribution is 5.76. The normalized spacial score (nSPS) is 24.0. The molecular formula is C19H27N3O3. The maximum absolute atomic E-state index is 12.6. The third-order valence-electron chi connectivity index (χ3n) is 5.39.